The molecule has 0 aliphatic carbocycles. The summed E-state index contributed by atoms with van der Waals surface area (Å²) in [5.74, 6) is 0. The van der Waals surface area contributed by atoms with E-state index in [1.54, 1.807) is 0 Å². The number of hydrogen-bond donors (Lipinski definition) is 1. The molecule has 0 bridgehead atoms. The first-order valence-electron chi connectivity index (χ1n) is 8.13. The van der Waals surface area contributed by atoms with Crippen molar-refractivity contribution in [1.29, 1.82) is 0 Å². The fraction of sp³-hybridized carbons (Fsp3) is 0.500. The lowest BCUT2D eigenvalue weighted by molar-refractivity contribution is 0.0000787. The van der Waals surface area contributed by atoms with Gasteiger partial charge in [0.2, 0.25) is 0 Å². The molecule has 0 aromatic heterocycles. The van der Waals surface area contributed by atoms with Gasteiger partial charge in [-0.05, 0) is 30.9 Å². The minimum absolute atomic E-state index is 0.391. The van der Waals surface area contributed by atoms with Crippen LogP contribution in [0.2, 0.25) is 0 Å². The number of aliphatic imine (C=N–C) groups is 1. The summed E-state index contributed by atoms with van der Waals surface area (Å²) in [7, 11) is 0. The van der Waals surface area contributed by atoms with Gasteiger partial charge < -0.3 is 10.1 Å². The van der Waals surface area contributed by atoms with Crippen LogP contribution in [-0.4, -0.2) is 42.9 Å². The van der Waals surface area contributed by atoms with Crippen molar-refractivity contribution in [3.05, 3.63) is 47.8 Å². The highest BCUT2D eigenvalue weighted by molar-refractivity contribution is 5.89. The molecule has 2 aliphatic heterocycles. The summed E-state index contributed by atoms with van der Waals surface area (Å²) in [6.45, 7) is 6.93. The van der Waals surface area contributed by atoms with Gasteiger partial charge in [0.05, 0.1) is 25.0 Å². The number of hydrogen-bond acceptors (Lipinski definition) is 4. The number of likely N-dealkylation sites (tertiary alicyclic amines) is 1. The zero-order valence-electron chi connectivity index (χ0n) is 13.3. The Bertz CT molecular complexity index is 545. The minimum atomic E-state index is 0.391. The molecule has 22 heavy (non-hydrogen) atoms. The second-order valence-electron chi connectivity index (χ2n) is 6.10. The molecule has 0 unspecified atom stereocenters. The van der Waals surface area contributed by atoms with Crippen molar-refractivity contribution in [2.45, 2.75) is 32.5 Å². The molecule has 4 nitrogen and oxygen atoms in total. The van der Waals surface area contributed by atoms with Gasteiger partial charge in [-0.15, -0.1) is 0 Å². The van der Waals surface area contributed by atoms with E-state index in [-0.39, 0.29) is 0 Å². The maximum absolute atomic E-state index is 6.11. The third-order valence-electron chi connectivity index (χ3n) is 4.43. The first-order chi connectivity index (χ1) is 10.8. The van der Waals surface area contributed by atoms with Gasteiger partial charge in [-0.2, -0.15) is 0 Å². The third-order valence-corrected chi connectivity index (χ3v) is 4.43. The number of ether oxygens (including phenoxy) is 1. The number of nitrogens with zero attached hydrogens (tertiary/aromatic N) is 2. The molecule has 1 saturated heterocycles. The summed E-state index contributed by atoms with van der Waals surface area (Å²) in [6, 6.07) is 8.47. The average Bonchev–Trinajstić information content (AvgIpc) is 2.56. The zero-order valence-corrected chi connectivity index (χ0v) is 13.3. The van der Waals surface area contributed by atoms with E-state index in [9.17, 15) is 0 Å². The van der Waals surface area contributed by atoms with Gasteiger partial charge in [0, 0.05) is 32.0 Å². The molecular formula is C18H25N3O. The number of benzene rings is 1. The van der Waals surface area contributed by atoms with Crippen molar-refractivity contribution < 1.29 is 4.74 Å². The Morgan fingerprint density at radius 2 is 2.09 bits per heavy atom. The molecule has 1 N–H and O–H groups in total. The molecule has 0 amide bonds. The normalized spacial score (nSPS) is 19.8. The van der Waals surface area contributed by atoms with Crippen LogP contribution in [0.1, 0.15) is 24.0 Å². The summed E-state index contributed by atoms with van der Waals surface area (Å²) in [6.07, 6.45) is 6.36. The van der Waals surface area contributed by atoms with Crippen molar-refractivity contribution in [2.24, 2.45) is 4.99 Å². The summed E-state index contributed by atoms with van der Waals surface area (Å²) in [5.41, 5.74) is 3.84. The molecule has 1 fully saturated rings. The van der Waals surface area contributed by atoms with E-state index >= 15 is 0 Å². The lowest BCUT2D eigenvalue weighted by atomic mass is 10.1. The monoisotopic (exact) mass is 299 g/mol. The number of piperidine rings is 1. The third kappa shape index (κ3) is 4.18. The quantitative estimate of drug-likeness (QED) is 0.907. The smallest absolute Gasteiger partial charge is 0.0723 e. The van der Waals surface area contributed by atoms with E-state index in [0.717, 1.165) is 45.6 Å². The van der Waals surface area contributed by atoms with Crippen LogP contribution in [0, 0.1) is 6.92 Å². The second kappa shape index (κ2) is 7.56. The molecular weight excluding hydrogens is 274 g/mol. The molecule has 2 heterocycles. The summed E-state index contributed by atoms with van der Waals surface area (Å²) in [5, 5.41) is 3.21. The predicted molar refractivity (Wildman–Crippen MR) is 90.0 cm³/mol. The van der Waals surface area contributed by atoms with Crippen LogP contribution in [0.3, 0.4) is 0 Å². The van der Waals surface area contributed by atoms with Gasteiger partial charge in [-0.1, -0.05) is 24.3 Å². The van der Waals surface area contributed by atoms with E-state index in [0.29, 0.717) is 6.10 Å². The van der Waals surface area contributed by atoms with Crippen LogP contribution in [0.5, 0.6) is 0 Å². The first-order valence-corrected chi connectivity index (χ1v) is 8.13. The molecule has 0 saturated carbocycles. The molecule has 4 heteroatoms. The maximum Gasteiger partial charge on any atom is 0.0723 e. The van der Waals surface area contributed by atoms with Gasteiger partial charge in [-0.25, -0.2) is 0 Å². The van der Waals surface area contributed by atoms with E-state index in [1.165, 1.54) is 16.8 Å². The van der Waals surface area contributed by atoms with Crippen molar-refractivity contribution in [1.82, 2.24) is 10.2 Å². The van der Waals surface area contributed by atoms with Gasteiger partial charge in [0.1, 0.15) is 0 Å². The van der Waals surface area contributed by atoms with Gasteiger partial charge >= 0.3 is 0 Å². The Kier molecular flexibility index (Phi) is 5.24. The van der Waals surface area contributed by atoms with Crippen molar-refractivity contribution in [3.63, 3.8) is 0 Å². The lowest BCUT2D eigenvalue weighted by Crippen LogP contribution is -2.41. The SMILES string of the molecule is Cc1ccccc1COC1CCN(CC2=NC=CNC2)CC1. The molecule has 1 aromatic rings. The second-order valence-corrected chi connectivity index (χ2v) is 6.10. The Hall–Kier alpha value is -1.65. The molecule has 0 radical (unpaired) electrons. The number of rotatable bonds is 5. The average molecular weight is 299 g/mol. The molecule has 1 aromatic carbocycles. The molecule has 118 valence electrons. The first kappa shape index (κ1) is 15.3. The van der Waals surface area contributed by atoms with Crippen LogP contribution in [0.25, 0.3) is 0 Å². The Labute approximate surface area is 132 Å². The Balaban J connectivity index is 1.41. The van der Waals surface area contributed by atoms with Crippen molar-refractivity contribution in [3.8, 4) is 0 Å². The molecule has 0 spiro atoms. The van der Waals surface area contributed by atoms with Gasteiger partial charge in [0.15, 0.2) is 0 Å². The molecule has 2 aliphatic rings. The van der Waals surface area contributed by atoms with Crippen LogP contribution in [0.15, 0.2) is 41.7 Å². The highest BCUT2D eigenvalue weighted by Gasteiger charge is 2.20. The van der Waals surface area contributed by atoms with Crippen LogP contribution in [0.4, 0.5) is 0 Å². The van der Waals surface area contributed by atoms with Crippen LogP contribution < -0.4 is 5.32 Å². The Morgan fingerprint density at radius 1 is 1.27 bits per heavy atom. The van der Waals surface area contributed by atoms with Crippen molar-refractivity contribution in [2.75, 3.05) is 26.2 Å². The van der Waals surface area contributed by atoms with Gasteiger partial charge in [0.25, 0.3) is 0 Å². The Morgan fingerprint density at radius 3 is 2.82 bits per heavy atom. The summed E-state index contributed by atoms with van der Waals surface area (Å²) < 4.78 is 6.11. The van der Waals surface area contributed by atoms with E-state index in [2.05, 4.69) is 46.4 Å². The zero-order chi connectivity index (χ0) is 15.2. The van der Waals surface area contributed by atoms with E-state index < -0.39 is 0 Å². The summed E-state index contributed by atoms with van der Waals surface area (Å²) in [4.78, 5) is 6.91. The van der Waals surface area contributed by atoms with E-state index in [1.807, 2.05) is 12.4 Å². The highest BCUT2D eigenvalue weighted by atomic mass is 16.5. The van der Waals surface area contributed by atoms with Crippen LogP contribution >= 0.6 is 0 Å². The standard InChI is InChI=1S/C18H25N3O/c1-15-4-2-3-5-16(15)14-22-18-6-10-21(11-7-18)13-17-12-19-8-9-20-17/h2-5,8-9,18-19H,6-7,10-14H2,1H3. The van der Waals surface area contributed by atoms with E-state index in [4.69, 9.17) is 4.74 Å². The topological polar surface area (TPSA) is 36.9 Å². The number of aryl methyl sites for hydroxylation is 1. The largest absolute Gasteiger partial charge is 0.384 e. The predicted octanol–water partition coefficient (Wildman–Crippen LogP) is 2.49. The molecule has 0 atom stereocenters. The van der Waals surface area contributed by atoms with Gasteiger partial charge in [-0.3, -0.25) is 9.89 Å². The lowest BCUT2D eigenvalue weighted by Gasteiger charge is -2.32. The highest BCUT2D eigenvalue weighted by Crippen LogP contribution is 2.17. The minimum Gasteiger partial charge on any atom is -0.384 e. The fourth-order valence-corrected chi connectivity index (χ4v) is 2.99. The van der Waals surface area contributed by atoms with Crippen LogP contribution in [-0.2, 0) is 11.3 Å². The molecule has 3 rings (SSSR count). The number of nitrogens with one attached hydrogen (secondary N) is 1. The van der Waals surface area contributed by atoms with Crippen molar-refractivity contribution >= 4 is 5.71 Å². The fourth-order valence-electron chi connectivity index (χ4n) is 2.99. The summed E-state index contributed by atoms with van der Waals surface area (Å²) >= 11 is 0. The maximum atomic E-state index is 6.11.